The molecule has 0 aliphatic carbocycles. The van der Waals surface area contributed by atoms with Crippen LogP contribution in [0.1, 0.15) is 0 Å². The van der Waals surface area contributed by atoms with E-state index in [0.717, 1.165) is 4.47 Å². The Hall–Kier alpha value is -3.58. The van der Waals surface area contributed by atoms with Gasteiger partial charge in [0.05, 0.1) is 12.5 Å². The Morgan fingerprint density at radius 2 is 1.71 bits per heavy atom. The van der Waals surface area contributed by atoms with Crippen LogP contribution >= 0.6 is 15.9 Å². The Morgan fingerprint density at radius 3 is 2.42 bits per heavy atom. The monoisotopic (exact) mass is 479 g/mol. The van der Waals surface area contributed by atoms with Gasteiger partial charge in [-0.25, -0.2) is 0 Å². The zero-order valence-corrected chi connectivity index (χ0v) is 18.1. The minimum Gasteiger partial charge on any atom is -0.497 e. The lowest BCUT2D eigenvalue weighted by atomic mass is 10.1. The van der Waals surface area contributed by atoms with E-state index in [1.54, 1.807) is 67.8 Å². The van der Waals surface area contributed by atoms with E-state index in [1.165, 1.54) is 0 Å². The number of ether oxygens (including phenoxy) is 2. The summed E-state index contributed by atoms with van der Waals surface area (Å²) in [5.74, 6) is 0.511. The second-order valence-corrected chi connectivity index (χ2v) is 7.57. The first-order valence-corrected chi connectivity index (χ1v) is 10.2. The molecule has 1 N–H and O–H groups in total. The molecule has 7 heteroatoms. The highest BCUT2D eigenvalue weighted by Gasteiger charge is 2.19. The van der Waals surface area contributed by atoms with E-state index in [0.29, 0.717) is 28.0 Å². The zero-order valence-electron chi connectivity index (χ0n) is 16.6. The van der Waals surface area contributed by atoms with Gasteiger partial charge in [0.1, 0.15) is 11.3 Å². The molecular weight excluding hydrogens is 462 g/mol. The lowest BCUT2D eigenvalue weighted by Crippen LogP contribution is -2.22. The number of anilines is 1. The van der Waals surface area contributed by atoms with Gasteiger partial charge in [0, 0.05) is 15.7 Å². The van der Waals surface area contributed by atoms with Crippen LogP contribution in [0.3, 0.4) is 0 Å². The van der Waals surface area contributed by atoms with Gasteiger partial charge < -0.3 is 19.2 Å². The molecule has 1 aromatic heterocycles. The number of nitrogens with one attached hydrogen (secondary N) is 1. The fraction of sp³-hybridized carbons (Fsp3) is 0.0833. The summed E-state index contributed by atoms with van der Waals surface area (Å²) in [5.41, 5.74) is 1.35. The molecule has 0 radical (unpaired) electrons. The lowest BCUT2D eigenvalue weighted by Gasteiger charge is -2.12. The number of carbonyl (C=O) groups is 1. The summed E-state index contributed by atoms with van der Waals surface area (Å²) >= 11 is 3.35. The van der Waals surface area contributed by atoms with Gasteiger partial charge in [-0.2, -0.15) is 0 Å². The number of rotatable bonds is 6. The molecule has 0 bridgehead atoms. The van der Waals surface area contributed by atoms with Crippen LogP contribution in [0.5, 0.6) is 11.5 Å². The van der Waals surface area contributed by atoms with Crippen molar-refractivity contribution in [1.29, 1.82) is 0 Å². The number of hydrogen-bond acceptors (Lipinski definition) is 5. The molecule has 0 spiro atoms. The van der Waals surface area contributed by atoms with Crippen molar-refractivity contribution in [2.24, 2.45) is 0 Å². The average molecular weight is 480 g/mol. The number of para-hydroxylation sites is 1. The van der Waals surface area contributed by atoms with Gasteiger partial charge in [-0.05, 0) is 60.7 Å². The van der Waals surface area contributed by atoms with Crippen molar-refractivity contribution in [3.8, 4) is 22.8 Å². The fourth-order valence-corrected chi connectivity index (χ4v) is 3.32. The van der Waals surface area contributed by atoms with E-state index in [9.17, 15) is 9.59 Å². The van der Waals surface area contributed by atoms with E-state index in [4.69, 9.17) is 13.9 Å². The van der Waals surface area contributed by atoms with Crippen molar-refractivity contribution in [3.63, 3.8) is 0 Å². The molecular formula is C24H18BrNO5. The Morgan fingerprint density at radius 1 is 1.00 bits per heavy atom. The minimum absolute atomic E-state index is 0.0187. The standard InChI is InChI=1S/C24H18BrNO5/c1-29-18-12-6-15(7-13-18)23-24(22(28)19-4-2-3-5-20(19)31-23)30-14-21(27)26-17-10-8-16(25)9-11-17/h2-13H,14H2,1H3,(H,26,27). The highest BCUT2D eigenvalue weighted by atomic mass is 79.9. The van der Waals surface area contributed by atoms with E-state index in [-0.39, 0.29) is 23.5 Å². The molecule has 1 amide bonds. The zero-order chi connectivity index (χ0) is 21.8. The highest BCUT2D eigenvalue weighted by molar-refractivity contribution is 9.10. The summed E-state index contributed by atoms with van der Waals surface area (Å²) < 4.78 is 17.8. The summed E-state index contributed by atoms with van der Waals surface area (Å²) in [4.78, 5) is 25.5. The summed E-state index contributed by atoms with van der Waals surface area (Å²) in [7, 11) is 1.57. The van der Waals surface area contributed by atoms with Crippen molar-refractivity contribution in [2.75, 3.05) is 19.0 Å². The Kier molecular flexibility index (Phi) is 6.04. The molecule has 156 valence electrons. The molecule has 31 heavy (non-hydrogen) atoms. The van der Waals surface area contributed by atoms with Gasteiger partial charge in [0.15, 0.2) is 12.4 Å². The SMILES string of the molecule is COc1ccc(-c2oc3ccccc3c(=O)c2OCC(=O)Nc2ccc(Br)cc2)cc1. The average Bonchev–Trinajstić information content (AvgIpc) is 2.80. The maximum absolute atomic E-state index is 13.1. The number of hydrogen-bond donors (Lipinski definition) is 1. The molecule has 0 atom stereocenters. The smallest absolute Gasteiger partial charge is 0.262 e. The number of benzene rings is 3. The molecule has 4 aromatic rings. The number of amides is 1. The van der Waals surface area contributed by atoms with E-state index in [2.05, 4.69) is 21.2 Å². The summed E-state index contributed by atoms with van der Waals surface area (Å²) in [6.07, 6.45) is 0. The third-order valence-electron chi connectivity index (χ3n) is 4.58. The molecule has 0 aliphatic rings. The van der Waals surface area contributed by atoms with Gasteiger partial charge in [0.25, 0.3) is 5.91 Å². The van der Waals surface area contributed by atoms with Crippen molar-refractivity contribution >= 4 is 38.5 Å². The molecule has 3 aromatic carbocycles. The quantitative estimate of drug-likeness (QED) is 0.408. The second kappa shape index (κ2) is 9.06. The minimum atomic E-state index is -0.393. The van der Waals surface area contributed by atoms with Crippen molar-refractivity contribution in [2.45, 2.75) is 0 Å². The number of fused-ring (bicyclic) bond motifs is 1. The number of halogens is 1. The maximum atomic E-state index is 13.1. The molecule has 6 nitrogen and oxygen atoms in total. The second-order valence-electron chi connectivity index (χ2n) is 6.66. The van der Waals surface area contributed by atoms with Crippen LogP contribution < -0.4 is 20.2 Å². The maximum Gasteiger partial charge on any atom is 0.262 e. The van der Waals surface area contributed by atoms with Gasteiger partial charge in [0.2, 0.25) is 11.2 Å². The third-order valence-corrected chi connectivity index (χ3v) is 5.11. The van der Waals surface area contributed by atoms with Crippen molar-refractivity contribution in [1.82, 2.24) is 0 Å². The van der Waals surface area contributed by atoms with E-state index in [1.807, 2.05) is 12.1 Å². The molecule has 0 aliphatic heterocycles. The molecule has 0 saturated carbocycles. The first-order valence-electron chi connectivity index (χ1n) is 9.43. The Bertz CT molecular complexity index is 1280. The van der Waals surface area contributed by atoms with Crippen LogP contribution in [0.4, 0.5) is 5.69 Å². The van der Waals surface area contributed by atoms with Crippen LogP contribution in [0.2, 0.25) is 0 Å². The lowest BCUT2D eigenvalue weighted by molar-refractivity contribution is -0.118. The number of methoxy groups -OCH3 is 1. The first kappa shape index (κ1) is 20.7. The van der Waals surface area contributed by atoms with Gasteiger partial charge in [-0.15, -0.1) is 0 Å². The Labute approximate surface area is 186 Å². The molecule has 0 unspecified atom stereocenters. The normalized spacial score (nSPS) is 10.6. The molecule has 0 fully saturated rings. The summed E-state index contributed by atoms with van der Waals surface area (Å²) in [6, 6.07) is 21.1. The summed E-state index contributed by atoms with van der Waals surface area (Å²) in [6.45, 7) is -0.345. The molecule has 0 saturated heterocycles. The third kappa shape index (κ3) is 4.62. The predicted octanol–water partition coefficient (Wildman–Crippen LogP) is 5.25. The van der Waals surface area contributed by atoms with E-state index < -0.39 is 5.91 Å². The fourth-order valence-electron chi connectivity index (χ4n) is 3.06. The topological polar surface area (TPSA) is 77.8 Å². The van der Waals surface area contributed by atoms with Crippen LogP contribution in [0, 0.1) is 0 Å². The van der Waals surface area contributed by atoms with Crippen LogP contribution in [0.25, 0.3) is 22.3 Å². The van der Waals surface area contributed by atoms with Crippen LogP contribution in [-0.2, 0) is 4.79 Å². The van der Waals surface area contributed by atoms with Crippen LogP contribution in [-0.4, -0.2) is 19.6 Å². The van der Waals surface area contributed by atoms with Gasteiger partial charge in [-0.3, -0.25) is 9.59 Å². The summed E-state index contributed by atoms with van der Waals surface area (Å²) in [5, 5.41) is 3.11. The number of carbonyl (C=O) groups excluding carboxylic acids is 1. The Balaban J connectivity index is 1.66. The van der Waals surface area contributed by atoms with Gasteiger partial charge >= 0.3 is 0 Å². The highest BCUT2D eigenvalue weighted by Crippen LogP contribution is 2.32. The first-order chi connectivity index (χ1) is 15.0. The molecule has 1 heterocycles. The van der Waals surface area contributed by atoms with Crippen molar-refractivity contribution in [3.05, 3.63) is 87.5 Å². The van der Waals surface area contributed by atoms with Crippen LogP contribution in [0.15, 0.2) is 86.5 Å². The largest absolute Gasteiger partial charge is 0.497 e. The van der Waals surface area contributed by atoms with Gasteiger partial charge in [-0.1, -0.05) is 28.1 Å². The molecule has 4 rings (SSSR count). The van der Waals surface area contributed by atoms with E-state index >= 15 is 0 Å². The predicted molar refractivity (Wildman–Crippen MR) is 123 cm³/mol. The van der Waals surface area contributed by atoms with Crippen molar-refractivity contribution < 1.29 is 18.7 Å².